The number of piperidine rings is 1. The second-order valence-electron chi connectivity index (χ2n) is 3.35. The van der Waals surface area contributed by atoms with Crippen LogP contribution in [0.25, 0.3) is 0 Å². The minimum atomic E-state index is 1.10. The van der Waals surface area contributed by atoms with E-state index in [1.807, 2.05) is 6.08 Å². The van der Waals surface area contributed by atoms with Crippen molar-refractivity contribution in [1.82, 2.24) is 4.90 Å². The van der Waals surface area contributed by atoms with Crippen LogP contribution in [0.3, 0.4) is 0 Å². The van der Waals surface area contributed by atoms with Gasteiger partial charge in [0.1, 0.15) is 0 Å². The Morgan fingerprint density at radius 2 is 1.83 bits per heavy atom. The molecule has 0 bridgehead atoms. The van der Waals surface area contributed by atoms with E-state index in [-0.39, 0.29) is 0 Å². The normalized spacial score (nSPS) is 18.5. The van der Waals surface area contributed by atoms with Crippen molar-refractivity contribution in [1.29, 1.82) is 0 Å². The SMILES string of the molecule is C=CCC/C=C/N1CCCCC1. The summed E-state index contributed by atoms with van der Waals surface area (Å²) in [5, 5.41) is 0. The molecule has 1 heteroatoms. The zero-order valence-electron chi connectivity index (χ0n) is 7.84. The van der Waals surface area contributed by atoms with E-state index in [1.165, 1.54) is 32.4 Å². The number of unbranched alkanes of at least 4 members (excludes halogenated alkanes) is 1. The third kappa shape index (κ3) is 3.61. The van der Waals surface area contributed by atoms with Crippen molar-refractivity contribution in [3.63, 3.8) is 0 Å². The number of nitrogens with zero attached hydrogens (tertiary/aromatic N) is 1. The van der Waals surface area contributed by atoms with Crippen LogP contribution in [0.1, 0.15) is 32.1 Å². The summed E-state index contributed by atoms with van der Waals surface area (Å²) in [6.45, 7) is 6.21. The van der Waals surface area contributed by atoms with Crippen molar-refractivity contribution in [3.8, 4) is 0 Å². The highest BCUT2D eigenvalue weighted by Gasteiger charge is 2.03. The molecule has 1 nitrogen and oxygen atoms in total. The number of hydrogen-bond acceptors (Lipinski definition) is 1. The summed E-state index contributed by atoms with van der Waals surface area (Å²) in [4.78, 5) is 2.42. The molecule has 1 aliphatic rings. The molecule has 1 heterocycles. The number of allylic oxidation sites excluding steroid dienone is 2. The van der Waals surface area contributed by atoms with Crippen molar-refractivity contribution >= 4 is 0 Å². The summed E-state index contributed by atoms with van der Waals surface area (Å²) in [6.07, 6.45) is 12.9. The van der Waals surface area contributed by atoms with Crippen LogP contribution >= 0.6 is 0 Å². The van der Waals surface area contributed by atoms with Crippen LogP contribution in [0, 0.1) is 0 Å². The highest BCUT2D eigenvalue weighted by atomic mass is 15.1. The van der Waals surface area contributed by atoms with Gasteiger partial charge in [0.25, 0.3) is 0 Å². The molecule has 68 valence electrons. The van der Waals surface area contributed by atoms with Crippen LogP contribution in [-0.4, -0.2) is 18.0 Å². The first-order valence-electron chi connectivity index (χ1n) is 4.95. The third-order valence-electron chi connectivity index (χ3n) is 2.24. The van der Waals surface area contributed by atoms with E-state index >= 15 is 0 Å². The monoisotopic (exact) mass is 165 g/mol. The summed E-state index contributed by atoms with van der Waals surface area (Å²) in [7, 11) is 0. The molecule has 0 aromatic rings. The van der Waals surface area contributed by atoms with Crippen LogP contribution < -0.4 is 0 Å². The van der Waals surface area contributed by atoms with Gasteiger partial charge in [-0.1, -0.05) is 12.2 Å². The molecule has 0 unspecified atom stereocenters. The van der Waals surface area contributed by atoms with E-state index in [0.717, 1.165) is 12.8 Å². The average Bonchev–Trinajstić information content (AvgIpc) is 2.14. The Morgan fingerprint density at radius 3 is 2.50 bits per heavy atom. The van der Waals surface area contributed by atoms with Crippen LogP contribution in [0.5, 0.6) is 0 Å². The largest absolute Gasteiger partial charge is 0.378 e. The number of hydrogen-bond donors (Lipinski definition) is 0. The molecule has 1 aliphatic heterocycles. The fraction of sp³-hybridized carbons (Fsp3) is 0.636. The van der Waals surface area contributed by atoms with Gasteiger partial charge in [-0.25, -0.2) is 0 Å². The van der Waals surface area contributed by atoms with E-state index in [0.29, 0.717) is 0 Å². The molecule has 0 aliphatic carbocycles. The lowest BCUT2D eigenvalue weighted by Crippen LogP contribution is -2.23. The fourth-order valence-corrected chi connectivity index (χ4v) is 1.51. The summed E-state index contributed by atoms with van der Waals surface area (Å²) in [6, 6.07) is 0. The summed E-state index contributed by atoms with van der Waals surface area (Å²) >= 11 is 0. The van der Waals surface area contributed by atoms with Gasteiger partial charge in [0.15, 0.2) is 0 Å². The van der Waals surface area contributed by atoms with Gasteiger partial charge in [0, 0.05) is 13.1 Å². The van der Waals surface area contributed by atoms with E-state index in [1.54, 1.807) is 0 Å². The zero-order valence-corrected chi connectivity index (χ0v) is 7.84. The Labute approximate surface area is 75.8 Å². The second kappa shape index (κ2) is 5.87. The molecule has 0 radical (unpaired) electrons. The number of rotatable bonds is 4. The lowest BCUT2D eigenvalue weighted by atomic mass is 10.1. The first-order chi connectivity index (χ1) is 5.93. The molecule has 0 aromatic carbocycles. The van der Waals surface area contributed by atoms with E-state index in [9.17, 15) is 0 Å². The van der Waals surface area contributed by atoms with Crippen LogP contribution in [0.4, 0.5) is 0 Å². The smallest absolute Gasteiger partial charge is 0.0172 e. The van der Waals surface area contributed by atoms with Gasteiger partial charge in [-0.3, -0.25) is 0 Å². The maximum Gasteiger partial charge on any atom is 0.0172 e. The van der Waals surface area contributed by atoms with Crippen molar-refractivity contribution in [3.05, 3.63) is 24.9 Å². The molecular formula is C11H19N. The van der Waals surface area contributed by atoms with Gasteiger partial charge in [0.2, 0.25) is 0 Å². The van der Waals surface area contributed by atoms with Crippen LogP contribution in [-0.2, 0) is 0 Å². The zero-order chi connectivity index (χ0) is 8.65. The Hall–Kier alpha value is -0.720. The fourth-order valence-electron chi connectivity index (χ4n) is 1.51. The molecule has 0 amide bonds. The summed E-state index contributed by atoms with van der Waals surface area (Å²) in [5.74, 6) is 0. The van der Waals surface area contributed by atoms with Gasteiger partial charge < -0.3 is 4.90 Å². The van der Waals surface area contributed by atoms with Gasteiger partial charge in [-0.05, 0) is 38.3 Å². The van der Waals surface area contributed by atoms with Crippen LogP contribution in [0.2, 0.25) is 0 Å². The molecule has 1 fully saturated rings. The van der Waals surface area contributed by atoms with E-state index < -0.39 is 0 Å². The molecule has 0 aromatic heterocycles. The minimum absolute atomic E-state index is 1.10. The lowest BCUT2D eigenvalue weighted by molar-refractivity contribution is 0.309. The van der Waals surface area contributed by atoms with Gasteiger partial charge in [-0.2, -0.15) is 0 Å². The molecule has 0 spiro atoms. The first-order valence-corrected chi connectivity index (χ1v) is 4.95. The molecule has 0 atom stereocenters. The maximum atomic E-state index is 3.70. The van der Waals surface area contributed by atoms with Crippen molar-refractivity contribution in [2.75, 3.05) is 13.1 Å². The van der Waals surface area contributed by atoms with Crippen molar-refractivity contribution < 1.29 is 0 Å². The van der Waals surface area contributed by atoms with Gasteiger partial charge >= 0.3 is 0 Å². The quantitative estimate of drug-likeness (QED) is 0.457. The van der Waals surface area contributed by atoms with E-state index in [4.69, 9.17) is 0 Å². The minimum Gasteiger partial charge on any atom is -0.378 e. The van der Waals surface area contributed by atoms with Gasteiger partial charge in [0.05, 0.1) is 0 Å². The molecule has 0 saturated carbocycles. The van der Waals surface area contributed by atoms with Crippen molar-refractivity contribution in [2.24, 2.45) is 0 Å². The lowest BCUT2D eigenvalue weighted by Gasteiger charge is -2.24. The molecule has 1 saturated heterocycles. The highest BCUT2D eigenvalue weighted by molar-refractivity contribution is 4.86. The Bertz CT molecular complexity index is 143. The third-order valence-corrected chi connectivity index (χ3v) is 2.24. The van der Waals surface area contributed by atoms with Crippen molar-refractivity contribution in [2.45, 2.75) is 32.1 Å². The Morgan fingerprint density at radius 1 is 1.08 bits per heavy atom. The summed E-state index contributed by atoms with van der Waals surface area (Å²) in [5.41, 5.74) is 0. The Kier molecular flexibility index (Phi) is 4.58. The molecular weight excluding hydrogens is 146 g/mol. The predicted octanol–water partition coefficient (Wildman–Crippen LogP) is 2.95. The van der Waals surface area contributed by atoms with E-state index in [2.05, 4.69) is 23.8 Å². The Balaban J connectivity index is 2.10. The predicted molar refractivity (Wildman–Crippen MR) is 54.0 cm³/mol. The first kappa shape index (κ1) is 9.37. The van der Waals surface area contributed by atoms with Crippen LogP contribution in [0.15, 0.2) is 24.9 Å². The maximum absolute atomic E-state index is 3.70. The average molecular weight is 165 g/mol. The molecule has 12 heavy (non-hydrogen) atoms. The standard InChI is InChI=1S/C11H19N/c1-2-3-4-6-9-12-10-7-5-8-11-12/h2,6,9H,1,3-5,7-8,10-11H2/b9-6+. The topological polar surface area (TPSA) is 3.24 Å². The molecule has 0 N–H and O–H groups in total. The second-order valence-corrected chi connectivity index (χ2v) is 3.35. The number of likely N-dealkylation sites (tertiary alicyclic amines) is 1. The molecule has 1 rings (SSSR count). The highest BCUT2D eigenvalue weighted by Crippen LogP contribution is 2.08. The summed E-state index contributed by atoms with van der Waals surface area (Å²) < 4.78 is 0. The van der Waals surface area contributed by atoms with Gasteiger partial charge in [-0.15, -0.1) is 6.58 Å².